The summed E-state index contributed by atoms with van der Waals surface area (Å²) in [5.41, 5.74) is 7.95. The molecule has 11 nitrogen and oxygen atoms in total. The van der Waals surface area contributed by atoms with E-state index in [4.69, 9.17) is 10.7 Å². The lowest BCUT2D eigenvalue weighted by Crippen LogP contribution is -2.48. The van der Waals surface area contributed by atoms with E-state index in [1.165, 1.54) is 6.26 Å². The van der Waals surface area contributed by atoms with Crippen LogP contribution in [0, 0.1) is 5.92 Å². The zero-order valence-corrected chi connectivity index (χ0v) is 23.2. The Balaban J connectivity index is 1.39. The first-order valence-corrected chi connectivity index (χ1v) is 15.4. The molecule has 1 aliphatic heterocycles. The first-order chi connectivity index (χ1) is 18.6. The summed E-state index contributed by atoms with van der Waals surface area (Å²) >= 11 is 0. The summed E-state index contributed by atoms with van der Waals surface area (Å²) in [4.78, 5) is 37.5. The number of carbonyl (C=O) groups is 2. The van der Waals surface area contributed by atoms with Crippen molar-refractivity contribution in [3.05, 3.63) is 42.2 Å². The maximum Gasteiger partial charge on any atom is 0.250 e. The van der Waals surface area contributed by atoms with Crippen LogP contribution in [0.4, 0.5) is 11.6 Å². The van der Waals surface area contributed by atoms with E-state index in [1.54, 1.807) is 25.4 Å². The fourth-order valence-electron chi connectivity index (χ4n) is 5.81. The summed E-state index contributed by atoms with van der Waals surface area (Å²) in [6.07, 6.45) is 8.10. The quantitative estimate of drug-likeness (QED) is 0.453. The number of amides is 2. The summed E-state index contributed by atoms with van der Waals surface area (Å²) < 4.78 is 25.2. The second-order valence-electron chi connectivity index (χ2n) is 10.6. The van der Waals surface area contributed by atoms with Crippen LogP contribution in [0.3, 0.4) is 0 Å². The molecule has 0 atom stereocenters. The Morgan fingerprint density at radius 1 is 1.08 bits per heavy atom. The SMILES string of the molecule is CC(=O)N1CCN(c2cccc3c2c(C(N)=O)cn3-c2ccnc(N[C@H]3CC[C@H](CS(C)(=O)=O)CC3)n2)CC1. The minimum absolute atomic E-state index is 0.0620. The monoisotopic (exact) mass is 553 g/mol. The van der Waals surface area contributed by atoms with Gasteiger partial charge < -0.3 is 25.4 Å². The molecule has 3 heterocycles. The zero-order valence-electron chi connectivity index (χ0n) is 22.3. The Labute approximate surface area is 228 Å². The van der Waals surface area contributed by atoms with Crippen molar-refractivity contribution in [1.82, 2.24) is 19.4 Å². The van der Waals surface area contributed by atoms with E-state index in [1.807, 2.05) is 27.7 Å². The van der Waals surface area contributed by atoms with Gasteiger partial charge in [-0.3, -0.25) is 9.59 Å². The normalized spacial score (nSPS) is 20.3. The van der Waals surface area contributed by atoms with Crippen molar-refractivity contribution >= 4 is 44.2 Å². The lowest BCUT2D eigenvalue weighted by molar-refractivity contribution is -0.129. The number of hydrogen-bond acceptors (Lipinski definition) is 8. The standard InChI is InChI=1S/C27H35N7O4S/c1-18(35)32-12-14-33(15-13-32)22-4-3-5-23-25(22)21(26(28)36)16-34(23)24-10-11-29-27(31-24)30-20-8-6-19(7-9-20)17-39(2,37)38/h3-5,10-11,16,19-20H,6-9,12-15,17H2,1-2H3,(H2,28,36)(H,29,30,31)/t19-,20-. The van der Waals surface area contributed by atoms with E-state index >= 15 is 0 Å². The minimum atomic E-state index is -2.97. The van der Waals surface area contributed by atoms with Crippen LogP contribution in [0.2, 0.25) is 0 Å². The van der Waals surface area contributed by atoms with E-state index in [-0.39, 0.29) is 23.6 Å². The first kappa shape index (κ1) is 26.9. The highest BCUT2D eigenvalue weighted by Crippen LogP contribution is 2.34. The van der Waals surface area contributed by atoms with Gasteiger partial charge in [0.05, 0.1) is 16.8 Å². The number of carbonyl (C=O) groups excluding carboxylic acids is 2. The molecular weight excluding hydrogens is 518 g/mol. The molecule has 2 aromatic heterocycles. The van der Waals surface area contributed by atoms with Gasteiger partial charge in [0.15, 0.2) is 0 Å². The van der Waals surface area contributed by atoms with Crippen LogP contribution < -0.4 is 16.0 Å². The Morgan fingerprint density at radius 3 is 2.44 bits per heavy atom. The molecule has 2 amide bonds. The molecule has 2 aliphatic rings. The molecule has 3 N–H and O–H groups in total. The first-order valence-electron chi connectivity index (χ1n) is 13.3. The number of aromatic nitrogens is 3. The molecule has 5 rings (SSSR count). The predicted octanol–water partition coefficient (Wildman–Crippen LogP) is 2.20. The van der Waals surface area contributed by atoms with Crippen LogP contribution >= 0.6 is 0 Å². The Bertz CT molecular complexity index is 1490. The second-order valence-corrected chi connectivity index (χ2v) is 12.8. The van der Waals surface area contributed by atoms with E-state index in [2.05, 4.69) is 15.2 Å². The van der Waals surface area contributed by atoms with Gasteiger partial charge in [-0.25, -0.2) is 13.4 Å². The summed E-state index contributed by atoms with van der Waals surface area (Å²) in [5.74, 6) is 1.07. The van der Waals surface area contributed by atoms with Gasteiger partial charge in [-0.1, -0.05) is 6.07 Å². The molecule has 0 spiro atoms. The molecule has 1 saturated heterocycles. The fraction of sp³-hybridized carbons (Fsp3) is 0.481. The summed E-state index contributed by atoms with van der Waals surface area (Å²) in [5, 5.41) is 4.17. The van der Waals surface area contributed by atoms with Gasteiger partial charge in [0.25, 0.3) is 5.91 Å². The van der Waals surface area contributed by atoms with Gasteiger partial charge in [0.2, 0.25) is 11.9 Å². The van der Waals surface area contributed by atoms with Crippen LogP contribution in [0.5, 0.6) is 0 Å². The summed E-state index contributed by atoms with van der Waals surface area (Å²) in [7, 11) is -2.97. The van der Waals surface area contributed by atoms with Gasteiger partial charge in [-0.05, 0) is 49.8 Å². The summed E-state index contributed by atoms with van der Waals surface area (Å²) in [6, 6.07) is 7.83. The van der Waals surface area contributed by atoms with Gasteiger partial charge in [0.1, 0.15) is 15.7 Å². The lowest BCUT2D eigenvalue weighted by Gasteiger charge is -2.36. The topological polar surface area (TPSA) is 144 Å². The van der Waals surface area contributed by atoms with Crippen LogP contribution in [-0.2, 0) is 14.6 Å². The molecule has 0 unspecified atom stereocenters. The molecule has 3 aromatic rings. The minimum Gasteiger partial charge on any atom is -0.367 e. The molecule has 0 radical (unpaired) electrons. The molecule has 208 valence electrons. The van der Waals surface area contributed by atoms with Crippen molar-refractivity contribution < 1.29 is 18.0 Å². The van der Waals surface area contributed by atoms with Crippen LogP contribution in [-0.4, -0.2) is 83.9 Å². The molecule has 1 aromatic carbocycles. The number of nitrogens with one attached hydrogen (secondary N) is 1. The number of piperazine rings is 1. The fourth-order valence-corrected chi connectivity index (χ4v) is 7.00. The number of nitrogens with two attached hydrogens (primary N) is 1. The number of hydrogen-bond donors (Lipinski definition) is 2. The highest BCUT2D eigenvalue weighted by atomic mass is 32.2. The summed E-state index contributed by atoms with van der Waals surface area (Å²) in [6.45, 7) is 4.15. The average Bonchev–Trinajstić information content (AvgIpc) is 3.30. The van der Waals surface area contributed by atoms with E-state index in [9.17, 15) is 18.0 Å². The van der Waals surface area contributed by atoms with Crippen molar-refractivity contribution in [3.8, 4) is 5.82 Å². The number of fused-ring (bicyclic) bond motifs is 1. The Morgan fingerprint density at radius 2 is 1.79 bits per heavy atom. The van der Waals surface area contributed by atoms with Crippen molar-refractivity contribution in [2.24, 2.45) is 11.7 Å². The van der Waals surface area contributed by atoms with E-state index in [0.29, 0.717) is 43.5 Å². The number of nitrogens with zero attached hydrogens (tertiary/aromatic N) is 5. The van der Waals surface area contributed by atoms with Crippen molar-refractivity contribution in [2.75, 3.05) is 48.4 Å². The zero-order chi connectivity index (χ0) is 27.7. The molecular formula is C27H35N7O4S. The number of rotatable bonds is 7. The van der Waals surface area contributed by atoms with Gasteiger partial charge in [-0.2, -0.15) is 4.98 Å². The van der Waals surface area contributed by atoms with Crippen molar-refractivity contribution in [3.63, 3.8) is 0 Å². The van der Waals surface area contributed by atoms with E-state index < -0.39 is 15.7 Å². The third-order valence-electron chi connectivity index (χ3n) is 7.74. The smallest absolute Gasteiger partial charge is 0.250 e. The van der Waals surface area contributed by atoms with Crippen molar-refractivity contribution in [2.45, 2.75) is 38.6 Å². The van der Waals surface area contributed by atoms with Crippen LogP contribution in [0.1, 0.15) is 43.0 Å². The Kier molecular flexibility index (Phi) is 7.48. The van der Waals surface area contributed by atoms with Gasteiger partial charge in [-0.15, -0.1) is 0 Å². The number of anilines is 2. The third-order valence-corrected chi connectivity index (χ3v) is 8.82. The highest BCUT2D eigenvalue weighted by Gasteiger charge is 2.26. The maximum atomic E-state index is 12.5. The van der Waals surface area contributed by atoms with Gasteiger partial charge >= 0.3 is 0 Å². The number of primary amides is 1. The van der Waals surface area contributed by atoms with Crippen LogP contribution in [0.25, 0.3) is 16.7 Å². The van der Waals surface area contributed by atoms with Crippen molar-refractivity contribution in [1.29, 1.82) is 0 Å². The van der Waals surface area contributed by atoms with Crippen LogP contribution in [0.15, 0.2) is 36.7 Å². The molecule has 12 heteroatoms. The highest BCUT2D eigenvalue weighted by molar-refractivity contribution is 7.90. The molecule has 1 saturated carbocycles. The van der Waals surface area contributed by atoms with E-state index in [0.717, 1.165) is 42.3 Å². The molecule has 2 fully saturated rings. The molecule has 1 aliphatic carbocycles. The molecule has 39 heavy (non-hydrogen) atoms. The maximum absolute atomic E-state index is 12.5. The predicted molar refractivity (Wildman–Crippen MR) is 151 cm³/mol. The molecule has 0 bridgehead atoms. The largest absolute Gasteiger partial charge is 0.367 e. The average molecular weight is 554 g/mol. The number of benzene rings is 1. The number of sulfone groups is 1. The third kappa shape index (κ3) is 6.00. The lowest BCUT2D eigenvalue weighted by atomic mass is 9.87. The Hall–Kier alpha value is -3.67. The van der Waals surface area contributed by atoms with Gasteiger partial charge in [0, 0.05) is 68.9 Å². The second kappa shape index (κ2) is 10.8.